The molecule has 0 fully saturated rings. The van der Waals surface area contributed by atoms with Gasteiger partial charge in [-0.25, -0.2) is 9.97 Å². The molecule has 3 aromatic heterocycles. The molecule has 9 heterocycles. The van der Waals surface area contributed by atoms with Crippen molar-refractivity contribution in [2.75, 3.05) is 74.4 Å². The van der Waals surface area contributed by atoms with Crippen LogP contribution >= 0.6 is 0 Å². The Labute approximate surface area is 562 Å². The van der Waals surface area contributed by atoms with Gasteiger partial charge < -0.3 is 49.0 Å². The van der Waals surface area contributed by atoms with Crippen LogP contribution in [0.3, 0.4) is 0 Å². The topological polar surface area (TPSA) is 76.0 Å². The van der Waals surface area contributed by atoms with Crippen LogP contribution in [0.2, 0.25) is 0 Å². The number of nitrogens with zero attached hydrogens (tertiary/aromatic N) is 14. The minimum atomic E-state index is 0.250. The lowest BCUT2D eigenvalue weighted by atomic mass is 9.97. The molecule has 0 aliphatic carbocycles. The smallest absolute Gasteiger partial charge is 0.159 e. The lowest BCUT2D eigenvalue weighted by Gasteiger charge is -2.35. The second-order valence-corrected chi connectivity index (χ2v) is 26.1. The Morgan fingerprint density at radius 3 is 1.40 bits per heavy atom. The van der Waals surface area contributed by atoms with Gasteiger partial charge >= 0.3 is 0 Å². The van der Waals surface area contributed by atoms with Crippen molar-refractivity contribution in [2.24, 2.45) is 7.05 Å². The fraction of sp³-hybridized carbons (Fsp3) is 0.272. The van der Waals surface area contributed by atoms with Crippen LogP contribution in [0.4, 0.5) is 63.0 Å². The zero-order valence-corrected chi connectivity index (χ0v) is 57.8. The molecule has 0 amide bonds. The zero-order valence-electron chi connectivity index (χ0n) is 57.8. The van der Waals surface area contributed by atoms with E-state index in [0.717, 1.165) is 28.5 Å². The highest BCUT2D eigenvalue weighted by molar-refractivity contribution is 5.97. The molecule has 11 aromatic rings. The van der Waals surface area contributed by atoms with Crippen molar-refractivity contribution in [3.8, 4) is 0 Å². The quantitative estimate of drug-likeness (QED) is 0.168. The van der Waals surface area contributed by atoms with Gasteiger partial charge in [0.1, 0.15) is 36.6 Å². The van der Waals surface area contributed by atoms with Crippen molar-refractivity contribution >= 4 is 95.5 Å². The van der Waals surface area contributed by atoms with Gasteiger partial charge in [0.2, 0.25) is 0 Å². The summed E-state index contributed by atoms with van der Waals surface area (Å²) in [5.41, 5.74) is 20.5. The van der Waals surface area contributed by atoms with Gasteiger partial charge in [-0.05, 0) is 168 Å². The maximum Gasteiger partial charge on any atom is 0.159 e. The van der Waals surface area contributed by atoms with Crippen LogP contribution < -0.4 is 39.2 Å². The maximum atomic E-state index is 4.94. The molecule has 6 aliphatic heterocycles. The average molecular weight is 1260 g/mol. The molecule has 0 saturated heterocycles. The number of pyridine rings is 2. The third-order valence-electron chi connectivity index (χ3n) is 20.3. The molecule has 14 heteroatoms. The number of benzene rings is 8. The Kier molecular flexibility index (Phi) is 17.4. The molecule has 0 spiro atoms. The van der Waals surface area contributed by atoms with Crippen molar-refractivity contribution in [1.82, 2.24) is 29.5 Å². The van der Waals surface area contributed by atoms with E-state index in [-0.39, 0.29) is 12.3 Å². The van der Waals surface area contributed by atoms with Gasteiger partial charge in [0.05, 0.1) is 40.0 Å². The summed E-state index contributed by atoms with van der Waals surface area (Å²) in [7, 11) is 12.6. The van der Waals surface area contributed by atoms with Crippen LogP contribution in [0.15, 0.2) is 225 Å². The summed E-state index contributed by atoms with van der Waals surface area (Å²) in [5, 5.41) is 9.10. The molecule has 484 valence electrons. The highest BCUT2D eigenvalue weighted by atomic mass is 15.5. The third kappa shape index (κ3) is 11.7. The molecule has 8 aromatic carbocycles. The Balaban J connectivity index is 0.000000109. The molecule has 5 atom stereocenters. The van der Waals surface area contributed by atoms with Gasteiger partial charge in [-0.3, -0.25) is 4.68 Å². The highest BCUT2D eigenvalue weighted by Crippen LogP contribution is 2.48. The highest BCUT2D eigenvalue weighted by Gasteiger charge is 2.37. The molecular weight excluding hydrogens is 1170 g/mol. The number of fused-ring (bicyclic) bond motifs is 9. The van der Waals surface area contributed by atoms with Crippen molar-refractivity contribution in [3.05, 3.63) is 252 Å². The van der Waals surface area contributed by atoms with Gasteiger partial charge in [0.15, 0.2) is 11.6 Å². The van der Waals surface area contributed by atoms with E-state index in [1.165, 1.54) is 113 Å². The van der Waals surface area contributed by atoms with E-state index in [2.05, 4.69) is 346 Å². The lowest BCUT2D eigenvalue weighted by Crippen LogP contribution is -2.37. The first-order valence-corrected chi connectivity index (χ1v) is 33.4. The Morgan fingerprint density at radius 2 is 0.832 bits per heavy atom. The molecule has 0 saturated carbocycles. The number of aryl methyl sites for hydroxylation is 6. The summed E-state index contributed by atoms with van der Waals surface area (Å²) < 4.78 is 1.88. The van der Waals surface area contributed by atoms with E-state index in [9.17, 15) is 0 Å². The summed E-state index contributed by atoms with van der Waals surface area (Å²) in [4.78, 5) is 33.0. The first-order valence-electron chi connectivity index (χ1n) is 33.4. The van der Waals surface area contributed by atoms with Crippen LogP contribution in [-0.2, 0) is 13.5 Å². The van der Waals surface area contributed by atoms with E-state index in [1.54, 1.807) is 0 Å². The van der Waals surface area contributed by atoms with Gasteiger partial charge in [-0.1, -0.05) is 133 Å². The standard InChI is InChI=1S/C20H20N2.2C19H19N3.C14H18N2.C9H14N4/c1-14-8-4-7-11-18(14)22-15(2)21(3)19-12-16-9-5-6-10-17(16)13-20(19)22;1-13-8-4-7-11-17(13)22-14(2)21(3)19-18(22)12-15-9-5-6-10-16(15)20-19;1-13-8-4-7-11-17(13)22-14(2)21(3)18-12-15-9-5-6-10-16(15)20-19(18)22;1-10-5-4-6-12-7-8-13-9-15(3)11(2)16(13)14(10)12;1-8-11(2)6-7-13(8)9-4-5-10-12(9)3/h4-13,15H,1-3H3;2*4-12,14H,1-3H3;4-6,9,11H,7-8H2,1-3H3;4-8H,1-3H3/t15-;2*14-;11-;8-/m00000/s1. The Morgan fingerprint density at radius 1 is 0.358 bits per heavy atom. The summed E-state index contributed by atoms with van der Waals surface area (Å²) in [6.07, 6.45) is 12.2. The van der Waals surface area contributed by atoms with E-state index in [4.69, 9.17) is 9.97 Å². The fourth-order valence-corrected chi connectivity index (χ4v) is 14.3. The summed E-state index contributed by atoms with van der Waals surface area (Å²) in [6, 6.07) is 68.6. The third-order valence-corrected chi connectivity index (χ3v) is 20.3. The Hall–Kier alpha value is -10.5. The first-order chi connectivity index (χ1) is 45.9. The van der Waals surface area contributed by atoms with Crippen molar-refractivity contribution < 1.29 is 0 Å². The zero-order chi connectivity index (χ0) is 66.5. The number of hydrogen-bond donors (Lipinski definition) is 0. The van der Waals surface area contributed by atoms with Crippen LogP contribution in [0, 0.1) is 27.7 Å². The number of anilines is 11. The molecule has 6 aliphatic rings. The van der Waals surface area contributed by atoms with E-state index in [0.29, 0.717) is 18.5 Å². The van der Waals surface area contributed by atoms with E-state index >= 15 is 0 Å². The van der Waals surface area contributed by atoms with Gasteiger partial charge in [0.25, 0.3) is 0 Å². The lowest BCUT2D eigenvalue weighted by molar-refractivity contribution is 0.380. The molecule has 14 nitrogen and oxygen atoms in total. The SMILES string of the molecule is C[C@H]1N(C)C=CN1c1ccnn1C.Cc1cccc2c1N1C(=CN(C)[C@@H]1C)CC2.Cc1ccccc1N1c2cc3ccccc3cc2N(C)[C@@H]1C.Cc1ccccc1N1c2cc3ccccc3nc2N(C)[C@@H]1C.Cc1ccccc1N1c2nc3ccccc3cc2N(C)[C@@H]1C. The Bertz CT molecular complexity index is 4340. The minimum absolute atomic E-state index is 0.250. The van der Waals surface area contributed by atoms with Crippen LogP contribution in [-0.4, -0.2) is 95.6 Å². The molecule has 0 radical (unpaired) electrons. The predicted molar refractivity (Wildman–Crippen MR) is 400 cm³/mol. The van der Waals surface area contributed by atoms with Crippen LogP contribution in [0.5, 0.6) is 0 Å². The second-order valence-electron chi connectivity index (χ2n) is 26.1. The van der Waals surface area contributed by atoms with Gasteiger partial charge in [-0.15, -0.1) is 0 Å². The monoisotopic (exact) mass is 1260 g/mol. The maximum absolute atomic E-state index is 4.94. The second kappa shape index (κ2) is 26.1. The van der Waals surface area contributed by atoms with E-state index < -0.39 is 0 Å². The molecule has 0 N–H and O–H groups in total. The predicted octanol–water partition coefficient (Wildman–Crippen LogP) is 17.9. The van der Waals surface area contributed by atoms with Gasteiger partial charge in [-0.2, -0.15) is 5.10 Å². The average Bonchev–Trinajstić information content (AvgIpc) is 1.64. The number of rotatable bonds is 4. The molecule has 0 unspecified atom stereocenters. The summed E-state index contributed by atoms with van der Waals surface area (Å²) in [6.45, 7) is 19.8. The largest absolute Gasteiger partial charge is 0.359 e. The number of aromatic nitrogens is 4. The molecule has 17 rings (SSSR count). The van der Waals surface area contributed by atoms with E-state index in [1.807, 2.05) is 36.1 Å². The number of allylic oxidation sites excluding steroid dienone is 1. The number of para-hydroxylation sites is 6. The first kappa shape index (κ1) is 63.3. The van der Waals surface area contributed by atoms with Crippen molar-refractivity contribution in [1.29, 1.82) is 0 Å². The summed E-state index contributed by atoms with van der Waals surface area (Å²) >= 11 is 0. The van der Waals surface area contributed by atoms with Crippen molar-refractivity contribution in [3.63, 3.8) is 0 Å². The number of hydrogen-bond acceptors (Lipinski definition) is 13. The summed E-state index contributed by atoms with van der Waals surface area (Å²) in [5.74, 6) is 3.21. The van der Waals surface area contributed by atoms with Gasteiger partial charge in [0, 0.05) is 106 Å². The van der Waals surface area contributed by atoms with Crippen LogP contribution in [0.25, 0.3) is 32.6 Å². The molecular formula is C81H90N14. The fourth-order valence-electron chi connectivity index (χ4n) is 14.3. The normalized spacial score (nSPS) is 18.7. The molecule has 95 heavy (non-hydrogen) atoms. The van der Waals surface area contributed by atoms with Crippen molar-refractivity contribution in [2.45, 2.75) is 106 Å². The molecule has 0 bridgehead atoms. The van der Waals surface area contributed by atoms with Crippen LogP contribution in [0.1, 0.15) is 68.9 Å². The minimum Gasteiger partial charge on any atom is -0.359 e.